The van der Waals surface area contributed by atoms with E-state index in [4.69, 9.17) is 4.74 Å². The molecule has 1 fully saturated rings. The second kappa shape index (κ2) is 3.49. The van der Waals surface area contributed by atoms with Gasteiger partial charge in [0, 0.05) is 5.56 Å². The second-order valence-corrected chi connectivity index (χ2v) is 3.40. The molecule has 0 aliphatic carbocycles. The third-order valence-electron chi connectivity index (χ3n) is 2.31. The quantitative estimate of drug-likeness (QED) is 0.775. The Labute approximate surface area is 85.0 Å². The predicted molar refractivity (Wildman–Crippen MR) is 48.3 cm³/mol. The molecule has 0 aromatic heterocycles. The van der Waals surface area contributed by atoms with Crippen LogP contribution in [0.4, 0.5) is 13.6 Å². The smallest absolute Gasteiger partial charge is 0.407 e. The molecule has 1 unspecified atom stereocenters. The Morgan fingerprint density at radius 2 is 2.13 bits per heavy atom. The molecule has 1 amide bonds. The molecule has 1 aromatic carbocycles. The Morgan fingerprint density at radius 3 is 2.73 bits per heavy atom. The zero-order valence-electron chi connectivity index (χ0n) is 8.01. The Hall–Kier alpha value is -1.65. The summed E-state index contributed by atoms with van der Waals surface area (Å²) in [4.78, 5) is 10.7. The van der Waals surface area contributed by atoms with Gasteiger partial charge in [-0.3, -0.25) is 0 Å². The maximum atomic E-state index is 13.4. The lowest BCUT2D eigenvalue weighted by molar-refractivity contribution is 0.139. The lowest BCUT2D eigenvalue weighted by Crippen LogP contribution is -2.12. The monoisotopic (exact) mass is 213 g/mol. The van der Waals surface area contributed by atoms with Crippen molar-refractivity contribution in [2.24, 2.45) is 0 Å². The van der Waals surface area contributed by atoms with E-state index in [9.17, 15) is 13.6 Å². The number of rotatable bonds is 1. The lowest BCUT2D eigenvalue weighted by atomic mass is 10.1. The summed E-state index contributed by atoms with van der Waals surface area (Å²) in [6.45, 7) is 1.64. The van der Waals surface area contributed by atoms with Crippen LogP contribution in [-0.2, 0) is 4.74 Å². The van der Waals surface area contributed by atoms with Crippen molar-refractivity contribution < 1.29 is 18.3 Å². The van der Waals surface area contributed by atoms with Crippen LogP contribution in [-0.4, -0.2) is 12.6 Å². The van der Waals surface area contributed by atoms with Crippen LogP contribution < -0.4 is 5.32 Å². The maximum absolute atomic E-state index is 13.4. The minimum absolute atomic E-state index is 0.0662. The number of ether oxygens (including phenoxy) is 1. The molecule has 1 aliphatic heterocycles. The van der Waals surface area contributed by atoms with Crippen molar-refractivity contribution in [2.75, 3.05) is 6.54 Å². The summed E-state index contributed by atoms with van der Waals surface area (Å²) in [6, 6.07) is 2.16. The van der Waals surface area contributed by atoms with E-state index in [0.29, 0.717) is 0 Å². The molecule has 1 heterocycles. The van der Waals surface area contributed by atoms with Gasteiger partial charge in [-0.25, -0.2) is 13.6 Å². The molecular weight excluding hydrogens is 204 g/mol. The number of carbonyl (C=O) groups excluding carboxylic acids is 1. The van der Waals surface area contributed by atoms with Crippen LogP contribution in [0.5, 0.6) is 0 Å². The third-order valence-corrected chi connectivity index (χ3v) is 2.31. The van der Waals surface area contributed by atoms with Crippen LogP contribution in [0.2, 0.25) is 0 Å². The van der Waals surface area contributed by atoms with Crippen LogP contribution in [0.15, 0.2) is 12.1 Å². The summed E-state index contributed by atoms with van der Waals surface area (Å²) in [5.41, 5.74) is 0.296. The first kappa shape index (κ1) is 9.89. The highest BCUT2D eigenvalue weighted by Crippen LogP contribution is 2.25. The largest absolute Gasteiger partial charge is 0.439 e. The number of amides is 1. The molecule has 5 heteroatoms. The van der Waals surface area contributed by atoms with Crippen molar-refractivity contribution in [3.05, 3.63) is 34.9 Å². The molecule has 0 radical (unpaired) electrons. The van der Waals surface area contributed by atoms with Crippen molar-refractivity contribution >= 4 is 6.09 Å². The molecule has 0 saturated carbocycles. The molecule has 2 rings (SSSR count). The summed E-state index contributed by atoms with van der Waals surface area (Å²) < 4.78 is 31.4. The number of aryl methyl sites for hydroxylation is 1. The highest BCUT2D eigenvalue weighted by atomic mass is 19.1. The van der Waals surface area contributed by atoms with Gasteiger partial charge in [0.1, 0.15) is 17.7 Å². The van der Waals surface area contributed by atoms with E-state index >= 15 is 0 Å². The number of benzene rings is 1. The molecule has 1 saturated heterocycles. The van der Waals surface area contributed by atoms with Crippen LogP contribution >= 0.6 is 0 Å². The number of alkyl carbamates (subject to hydrolysis) is 1. The van der Waals surface area contributed by atoms with Crippen molar-refractivity contribution in [3.63, 3.8) is 0 Å². The highest BCUT2D eigenvalue weighted by Gasteiger charge is 2.27. The van der Waals surface area contributed by atoms with Crippen molar-refractivity contribution in [1.82, 2.24) is 5.32 Å². The van der Waals surface area contributed by atoms with Crippen molar-refractivity contribution in [2.45, 2.75) is 13.0 Å². The van der Waals surface area contributed by atoms with Gasteiger partial charge < -0.3 is 10.1 Å². The van der Waals surface area contributed by atoms with Crippen LogP contribution in [0.3, 0.4) is 0 Å². The van der Waals surface area contributed by atoms with Gasteiger partial charge in [0.2, 0.25) is 0 Å². The topological polar surface area (TPSA) is 38.3 Å². The summed E-state index contributed by atoms with van der Waals surface area (Å²) in [5, 5.41) is 2.38. The Balaban J connectivity index is 2.36. The van der Waals surface area contributed by atoms with E-state index < -0.39 is 23.8 Å². The number of carbonyl (C=O) groups is 1. The van der Waals surface area contributed by atoms with Crippen LogP contribution in [0.25, 0.3) is 0 Å². The van der Waals surface area contributed by atoms with Gasteiger partial charge in [-0.05, 0) is 24.6 Å². The fourth-order valence-electron chi connectivity index (χ4n) is 1.47. The first-order valence-electron chi connectivity index (χ1n) is 4.48. The van der Waals surface area contributed by atoms with Gasteiger partial charge in [0.25, 0.3) is 0 Å². The molecule has 1 aliphatic rings. The normalized spacial score (nSPS) is 19.9. The minimum atomic E-state index is -0.743. The summed E-state index contributed by atoms with van der Waals surface area (Å²) in [6.07, 6.45) is -1.35. The molecule has 1 N–H and O–H groups in total. The van der Waals surface area contributed by atoms with Gasteiger partial charge in [-0.15, -0.1) is 0 Å². The zero-order chi connectivity index (χ0) is 11.0. The van der Waals surface area contributed by atoms with Gasteiger partial charge in [-0.2, -0.15) is 0 Å². The molecule has 0 bridgehead atoms. The zero-order valence-corrected chi connectivity index (χ0v) is 8.01. The predicted octanol–water partition coefficient (Wildman–Crippen LogP) is 2.05. The van der Waals surface area contributed by atoms with Gasteiger partial charge >= 0.3 is 6.09 Å². The highest BCUT2D eigenvalue weighted by molar-refractivity contribution is 5.69. The maximum Gasteiger partial charge on any atom is 0.407 e. The molecule has 1 aromatic rings. The molecule has 80 valence electrons. The van der Waals surface area contributed by atoms with E-state index in [-0.39, 0.29) is 17.7 Å². The number of halogens is 2. The van der Waals surface area contributed by atoms with Gasteiger partial charge in [0.15, 0.2) is 0 Å². The summed E-state index contributed by atoms with van der Waals surface area (Å²) >= 11 is 0. The molecule has 0 spiro atoms. The molecule has 3 nitrogen and oxygen atoms in total. The molecule has 1 atom stereocenters. The fourth-order valence-corrected chi connectivity index (χ4v) is 1.47. The number of hydrogen-bond acceptors (Lipinski definition) is 2. The average Bonchev–Trinajstić information content (AvgIpc) is 2.58. The van der Waals surface area contributed by atoms with Crippen molar-refractivity contribution in [3.8, 4) is 0 Å². The Bertz CT molecular complexity index is 420. The number of nitrogens with one attached hydrogen (secondary N) is 1. The molecule has 15 heavy (non-hydrogen) atoms. The first-order chi connectivity index (χ1) is 7.08. The van der Waals surface area contributed by atoms with Crippen LogP contribution in [0, 0.1) is 18.6 Å². The van der Waals surface area contributed by atoms with Gasteiger partial charge in [-0.1, -0.05) is 0 Å². The third kappa shape index (κ3) is 1.77. The summed E-state index contributed by atoms with van der Waals surface area (Å²) in [5.74, 6) is -1.07. The van der Waals surface area contributed by atoms with E-state index in [2.05, 4.69) is 5.32 Å². The lowest BCUT2D eigenvalue weighted by Gasteiger charge is -2.10. The van der Waals surface area contributed by atoms with E-state index in [1.54, 1.807) is 0 Å². The van der Waals surface area contributed by atoms with Gasteiger partial charge in [0.05, 0.1) is 6.54 Å². The second-order valence-electron chi connectivity index (χ2n) is 3.40. The Kier molecular flexibility index (Phi) is 2.30. The standard InChI is InChI=1S/C10H9F2NO2/c1-5-2-8(12)6(3-7(5)11)9-4-13-10(14)15-9/h2-3,9H,4H2,1H3,(H,13,14). The number of hydrogen-bond donors (Lipinski definition) is 1. The van der Waals surface area contributed by atoms with Crippen LogP contribution in [0.1, 0.15) is 17.2 Å². The number of cyclic esters (lactones) is 1. The minimum Gasteiger partial charge on any atom is -0.439 e. The van der Waals surface area contributed by atoms with Crippen molar-refractivity contribution in [1.29, 1.82) is 0 Å². The first-order valence-corrected chi connectivity index (χ1v) is 4.48. The SMILES string of the molecule is Cc1cc(F)c(C2CNC(=O)O2)cc1F. The van der Waals surface area contributed by atoms with E-state index in [0.717, 1.165) is 12.1 Å². The Morgan fingerprint density at radius 1 is 1.40 bits per heavy atom. The average molecular weight is 213 g/mol. The summed E-state index contributed by atoms with van der Waals surface area (Å²) in [7, 11) is 0. The molecular formula is C10H9F2NO2. The van der Waals surface area contributed by atoms with E-state index in [1.807, 2.05) is 0 Å². The fraction of sp³-hybridized carbons (Fsp3) is 0.300. The van der Waals surface area contributed by atoms with E-state index in [1.165, 1.54) is 6.92 Å².